The van der Waals surface area contributed by atoms with Gasteiger partial charge in [0.15, 0.2) is 0 Å². The molecule has 0 saturated carbocycles. The lowest BCUT2D eigenvalue weighted by Gasteiger charge is -2.05. The monoisotopic (exact) mass is 278 g/mol. The zero-order valence-electron chi connectivity index (χ0n) is 11.4. The van der Waals surface area contributed by atoms with Gasteiger partial charge < -0.3 is 18.7 Å². The molecule has 0 fully saturated rings. The molecule has 2 aromatic rings. The van der Waals surface area contributed by atoms with Crippen molar-refractivity contribution >= 4 is 5.97 Å². The fraction of sp³-hybridized carbons (Fsp3) is 0.308. The standard InChI is InChI=1S/C13H14N2O5/c1-4-19-13(16)12-14-11(15-20-12)8-5-9(17-2)7-10(6-8)18-3/h5-7H,4H2,1-3H3. The van der Waals surface area contributed by atoms with E-state index in [1.807, 2.05) is 0 Å². The molecule has 0 spiro atoms. The Labute approximate surface area is 115 Å². The van der Waals surface area contributed by atoms with Crippen LogP contribution in [0.4, 0.5) is 0 Å². The summed E-state index contributed by atoms with van der Waals surface area (Å²) in [5, 5.41) is 3.74. The highest BCUT2D eigenvalue weighted by Gasteiger charge is 2.18. The average molecular weight is 278 g/mol. The van der Waals surface area contributed by atoms with Crippen LogP contribution in [0.5, 0.6) is 11.5 Å². The van der Waals surface area contributed by atoms with E-state index in [0.717, 1.165) is 0 Å². The average Bonchev–Trinajstić information content (AvgIpc) is 2.97. The number of nitrogens with zero attached hydrogens (tertiary/aromatic N) is 2. The van der Waals surface area contributed by atoms with Crippen LogP contribution in [0.3, 0.4) is 0 Å². The Bertz CT molecular complexity index is 586. The molecule has 0 N–H and O–H groups in total. The summed E-state index contributed by atoms with van der Waals surface area (Å²) in [6, 6.07) is 5.14. The molecular weight excluding hydrogens is 264 g/mol. The van der Waals surface area contributed by atoms with E-state index < -0.39 is 5.97 Å². The summed E-state index contributed by atoms with van der Waals surface area (Å²) in [5.74, 6) is 0.582. The first-order valence-corrected chi connectivity index (χ1v) is 5.92. The maximum atomic E-state index is 11.5. The molecule has 0 atom stereocenters. The van der Waals surface area contributed by atoms with E-state index in [1.54, 1.807) is 39.3 Å². The largest absolute Gasteiger partial charge is 0.497 e. The second-order valence-corrected chi connectivity index (χ2v) is 3.74. The minimum atomic E-state index is -0.652. The molecule has 0 aliphatic heterocycles. The van der Waals surface area contributed by atoms with E-state index in [-0.39, 0.29) is 18.3 Å². The number of aromatic nitrogens is 2. The number of hydrogen-bond donors (Lipinski definition) is 0. The van der Waals surface area contributed by atoms with Crippen LogP contribution in [-0.2, 0) is 4.74 Å². The van der Waals surface area contributed by atoms with Crippen LogP contribution in [0.15, 0.2) is 22.7 Å². The van der Waals surface area contributed by atoms with Crippen LogP contribution < -0.4 is 9.47 Å². The van der Waals surface area contributed by atoms with Crippen LogP contribution in [0.2, 0.25) is 0 Å². The number of carbonyl (C=O) groups is 1. The fourth-order valence-corrected chi connectivity index (χ4v) is 1.55. The molecule has 7 nitrogen and oxygen atoms in total. The highest BCUT2D eigenvalue weighted by molar-refractivity contribution is 5.84. The number of esters is 1. The number of benzene rings is 1. The maximum Gasteiger partial charge on any atom is 0.397 e. The second-order valence-electron chi connectivity index (χ2n) is 3.74. The quantitative estimate of drug-likeness (QED) is 0.772. The summed E-state index contributed by atoms with van der Waals surface area (Å²) in [6.07, 6.45) is 0. The predicted octanol–water partition coefficient (Wildman–Crippen LogP) is 1.93. The van der Waals surface area contributed by atoms with Gasteiger partial charge in [0.05, 0.1) is 20.8 Å². The number of hydrogen-bond acceptors (Lipinski definition) is 7. The summed E-state index contributed by atoms with van der Waals surface area (Å²) in [7, 11) is 3.08. The highest BCUT2D eigenvalue weighted by atomic mass is 16.6. The minimum Gasteiger partial charge on any atom is -0.497 e. The van der Waals surface area contributed by atoms with Crippen LogP contribution >= 0.6 is 0 Å². The van der Waals surface area contributed by atoms with Crippen molar-refractivity contribution in [1.82, 2.24) is 10.1 Å². The van der Waals surface area contributed by atoms with Crippen LogP contribution in [0, 0.1) is 0 Å². The summed E-state index contributed by atoms with van der Waals surface area (Å²) < 4.78 is 20.0. The predicted molar refractivity (Wildman–Crippen MR) is 68.8 cm³/mol. The molecule has 106 valence electrons. The Morgan fingerprint density at radius 1 is 1.20 bits per heavy atom. The van der Waals surface area contributed by atoms with E-state index >= 15 is 0 Å². The van der Waals surface area contributed by atoms with Gasteiger partial charge >= 0.3 is 11.9 Å². The van der Waals surface area contributed by atoms with Gasteiger partial charge in [-0.15, -0.1) is 0 Å². The maximum absolute atomic E-state index is 11.5. The molecule has 20 heavy (non-hydrogen) atoms. The van der Waals surface area contributed by atoms with Gasteiger partial charge in [0.1, 0.15) is 11.5 Å². The molecule has 0 aliphatic rings. The number of carbonyl (C=O) groups excluding carboxylic acids is 1. The van der Waals surface area contributed by atoms with E-state index in [9.17, 15) is 4.79 Å². The third-order valence-electron chi connectivity index (χ3n) is 2.49. The van der Waals surface area contributed by atoms with E-state index in [0.29, 0.717) is 17.1 Å². The van der Waals surface area contributed by atoms with Crippen LogP contribution in [0.1, 0.15) is 17.6 Å². The molecule has 2 rings (SSSR count). The Morgan fingerprint density at radius 2 is 1.85 bits per heavy atom. The van der Waals surface area contributed by atoms with Crippen molar-refractivity contribution in [3.05, 3.63) is 24.1 Å². The topological polar surface area (TPSA) is 83.7 Å². The zero-order chi connectivity index (χ0) is 14.5. The molecule has 0 amide bonds. The lowest BCUT2D eigenvalue weighted by Crippen LogP contribution is -2.04. The number of methoxy groups -OCH3 is 2. The first kappa shape index (κ1) is 13.9. The van der Waals surface area contributed by atoms with Crippen LogP contribution in [0.25, 0.3) is 11.4 Å². The van der Waals surface area contributed by atoms with Gasteiger partial charge in [-0.2, -0.15) is 4.98 Å². The lowest BCUT2D eigenvalue weighted by molar-refractivity contribution is 0.0470. The van der Waals surface area contributed by atoms with Crippen molar-refractivity contribution in [3.8, 4) is 22.9 Å². The molecule has 7 heteroatoms. The van der Waals surface area contributed by atoms with Crippen molar-refractivity contribution in [2.24, 2.45) is 0 Å². The molecule has 0 unspecified atom stereocenters. The van der Waals surface area contributed by atoms with Crippen LogP contribution in [-0.4, -0.2) is 36.9 Å². The minimum absolute atomic E-state index is 0.191. The van der Waals surface area contributed by atoms with Crippen molar-refractivity contribution in [2.45, 2.75) is 6.92 Å². The first-order chi connectivity index (χ1) is 9.67. The summed E-state index contributed by atoms with van der Waals surface area (Å²) in [6.45, 7) is 1.94. The Hall–Kier alpha value is -2.57. The SMILES string of the molecule is CCOC(=O)c1nc(-c2cc(OC)cc(OC)c2)no1. The zero-order valence-corrected chi connectivity index (χ0v) is 11.4. The molecule has 1 aromatic carbocycles. The number of ether oxygens (including phenoxy) is 3. The van der Waals surface area contributed by atoms with Gasteiger partial charge in [-0.05, 0) is 19.1 Å². The molecule has 1 heterocycles. The van der Waals surface area contributed by atoms with Crippen molar-refractivity contribution in [3.63, 3.8) is 0 Å². The van der Waals surface area contributed by atoms with Gasteiger partial charge in [-0.25, -0.2) is 4.79 Å². The molecule has 0 radical (unpaired) electrons. The molecule has 1 aromatic heterocycles. The van der Waals surface area contributed by atoms with Gasteiger partial charge in [0, 0.05) is 11.6 Å². The Balaban J connectivity index is 2.34. The van der Waals surface area contributed by atoms with E-state index in [1.165, 1.54) is 0 Å². The van der Waals surface area contributed by atoms with Crippen molar-refractivity contribution < 1.29 is 23.5 Å². The van der Waals surface area contributed by atoms with E-state index in [2.05, 4.69) is 10.1 Å². The molecular formula is C13H14N2O5. The normalized spacial score (nSPS) is 10.2. The Kier molecular flexibility index (Phi) is 4.19. The first-order valence-electron chi connectivity index (χ1n) is 5.92. The van der Waals surface area contributed by atoms with E-state index in [4.69, 9.17) is 18.7 Å². The third-order valence-corrected chi connectivity index (χ3v) is 2.49. The lowest BCUT2D eigenvalue weighted by atomic mass is 10.2. The van der Waals surface area contributed by atoms with Gasteiger partial charge in [0.25, 0.3) is 0 Å². The van der Waals surface area contributed by atoms with Crippen molar-refractivity contribution in [1.29, 1.82) is 0 Å². The second kappa shape index (κ2) is 6.05. The van der Waals surface area contributed by atoms with Crippen molar-refractivity contribution in [2.75, 3.05) is 20.8 Å². The summed E-state index contributed by atoms with van der Waals surface area (Å²) in [4.78, 5) is 15.5. The third kappa shape index (κ3) is 2.87. The molecule has 0 aliphatic carbocycles. The summed E-state index contributed by atoms with van der Waals surface area (Å²) in [5.41, 5.74) is 0.612. The number of rotatable bonds is 5. The molecule has 0 bridgehead atoms. The fourth-order valence-electron chi connectivity index (χ4n) is 1.55. The highest BCUT2D eigenvalue weighted by Crippen LogP contribution is 2.28. The molecule has 0 saturated heterocycles. The van der Waals surface area contributed by atoms with Gasteiger partial charge in [-0.1, -0.05) is 5.16 Å². The van der Waals surface area contributed by atoms with Gasteiger partial charge in [0.2, 0.25) is 5.82 Å². The smallest absolute Gasteiger partial charge is 0.397 e. The summed E-state index contributed by atoms with van der Waals surface area (Å²) >= 11 is 0. The Morgan fingerprint density at radius 3 is 2.40 bits per heavy atom. The van der Waals surface area contributed by atoms with Gasteiger partial charge in [-0.3, -0.25) is 0 Å².